The van der Waals surface area contributed by atoms with Crippen LogP contribution in [0.2, 0.25) is 0 Å². The van der Waals surface area contributed by atoms with E-state index in [4.69, 9.17) is 41.6 Å². The summed E-state index contributed by atoms with van der Waals surface area (Å²) in [5.74, 6) is 5.17. The van der Waals surface area contributed by atoms with Crippen molar-refractivity contribution in [1.29, 1.82) is 15.9 Å². The van der Waals surface area contributed by atoms with Gasteiger partial charge >= 0.3 is 5.91 Å². The number of fused-ring (bicyclic) bond motifs is 13. The SMILES string of the molecule is CCC.CCC.CCC.CCC.CCC.CCC.N#Cc1ccccc1C#N.N=C1N=C(N)c2ccccc21.c1ccc2c(c1)C1=Nc3c4ccccc4c4n3C35n6c(c7ccccc7c6=NC6=[N+]3C(=N4)c3ccccc36)=NC2=[N+]15. The molecule has 1 spiro atoms. The molecule has 0 radical (unpaired) electrons. The van der Waals surface area contributed by atoms with Gasteiger partial charge in [0.15, 0.2) is 5.84 Å². The van der Waals surface area contributed by atoms with Gasteiger partial charge in [0.05, 0.1) is 33.4 Å². The van der Waals surface area contributed by atoms with Gasteiger partial charge in [-0.25, -0.2) is 4.99 Å². The third-order valence-corrected chi connectivity index (χ3v) is 12.2. The summed E-state index contributed by atoms with van der Waals surface area (Å²) < 4.78 is 9.32. The molecule has 0 amide bonds. The Morgan fingerprint density at radius 3 is 1.09 bits per heavy atom. The molecule has 0 aliphatic carbocycles. The zero-order chi connectivity index (χ0) is 57.7. The molecule has 15 rings (SSSR count). The Morgan fingerprint density at radius 2 is 0.725 bits per heavy atom. The van der Waals surface area contributed by atoms with Crippen molar-refractivity contribution in [3.05, 3.63) is 201 Å². The van der Waals surface area contributed by atoms with Crippen LogP contribution in [-0.2, 0) is 5.91 Å². The summed E-state index contributed by atoms with van der Waals surface area (Å²) >= 11 is 0. The number of nitrogens with one attached hydrogen (secondary N) is 1. The highest BCUT2D eigenvalue weighted by Crippen LogP contribution is 2.52. The molecular formula is C67H75N13+2. The van der Waals surface area contributed by atoms with Crippen molar-refractivity contribution in [2.45, 2.75) is 128 Å². The van der Waals surface area contributed by atoms with Gasteiger partial charge in [-0.3, -0.25) is 5.41 Å². The number of hydrogen-bond donors (Lipinski definition) is 2. The second-order valence-corrected chi connectivity index (χ2v) is 19.6. The maximum Gasteiger partial charge on any atom is 0.404 e. The van der Waals surface area contributed by atoms with E-state index in [9.17, 15) is 0 Å². The van der Waals surface area contributed by atoms with E-state index >= 15 is 0 Å². The molecule has 0 unspecified atom stereocenters. The number of rotatable bonds is 0. The van der Waals surface area contributed by atoms with Crippen molar-refractivity contribution in [2.24, 2.45) is 30.7 Å². The predicted octanol–water partition coefficient (Wildman–Crippen LogP) is 14.4. The van der Waals surface area contributed by atoms with Crippen LogP contribution in [0.15, 0.2) is 171 Å². The molecule has 8 aromatic rings. The van der Waals surface area contributed by atoms with Gasteiger partial charge in [0.25, 0.3) is 23.3 Å². The summed E-state index contributed by atoms with van der Waals surface area (Å²) in [5.41, 5.74) is 14.2. The van der Waals surface area contributed by atoms with E-state index in [0.717, 1.165) is 101 Å². The lowest BCUT2D eigenvalue weighted by Crippen LogP contribution is -2.71. The second-order valence-electron chi connectivity index (χ2n) is 19.6. The number of nitrogens with zero attached hydrogens (tertiary/aromatic N) is 11. The van der Waals surface area contributed by atoms with E-state index in [1.807, 2.05) is 36.4 Å². The Morgan fingerprint density at radius 1 is 0.412 bits per heavy atom. The topological polar surface area (TPSA) is 175 Å². The molecule has 2 aromatic heterocycles. The van der Waals surface area contributed by atoms with Crippen LogP contribution in [0.25, 0.3) is 21.5 Å². The molecule has 406 valence electrons. The molecule has 0 bridgehead atoms. The lowest BCUT2D eigenvalue weighted by Gasteiger charge is -2.40. The fourth-order valence-electron chi connectivity index (χ4n) is 9.71. The summed E-state index contributed by atoms with van der Waals surface area (Å²) in [4.78, 5) is 25.5. The molecule has 0 saturated carbocycles. The molecule has 80 heavy (non-hydrogen) atoms. The smallest absolute Gasteiger partial charge is 0.383 e. The third-order valence-electron chi connectivity index (χ3n) is 12.2. The Balaban J connectivity index is 0.000000194. The quantitative estimate of drug-likeness (QED) is 0.144. The second kappa shape index (κ2) is 26.4. The monoisotopic (exact) mass is 1060 g/mol. The molecule has 7 aliphatic rings. The van der Waals surface area contributed by atoms with Crippen LogP contribution < -0.4 is 16.7 Å². The van der Waals surface area contributed by atoms with Crippen LogP contribution in [0, 0.1) is 28.1 Å². The van der Waals surface area contributed by atoms with Gasteiger partial charge in [0.1, 0.15) is 18.0 Å². The summed E-state index contributed by atoms with van der Waals surface area (Å²) in [5, 5.41) is 28.6. The summed E-state index contributed by atoms with van der Waals surface area (Å²) in [7, 11) is 0. The maximum absolute atomic E-state index is 8.45. The number of hydrogen-bond acceptors (Lipinski definition) is 8. The number of benzene rings is 6. The molecule has 0 saturated heterocycles. The molecule has 3 N–H and O–H groups in total. The molecule has 7 aliphatic heterocycles. The highest BCUT2D eigenvalue weighted by molar-refractivity contribution is 6.21. The Hall–Kier alpha value is -9.20. The Labute approximate surface area is 471 Å². The average Bonchev–Trinajstić information content (AvgIpc) is 4.32. The summed E-state index contributed by atoms with van der Waals surface area (Å²) in [6.07, 6.45) is 7.50. The largest absolute Gasteiger partial charge is 0.404 e. The summed E-state index contributed by atoms with van der Waals surface area (Å²) in [6.45, 7) is 25.5. The number of nitrogens with two attached hydrogens (primary N) is 1. The first-order chi connectivity index (χ1) is 39.0. The van der Waals surface area contributed by atoms with Gasteiger partial charge in [-0.05, 0) is 60.7 Å². The normalized spacial score (nSPS) is 13.8. The standard InChI is InChI=1S/C33H16N8.C8H7N3.C8H4N2.6C3H8/c1-2-10-18-17(9-1)25-34-27-19-11-3-4-12-20(19)29-36-31-23-15-7-8-16-24(23)32-37-30-22-14-6-5-13-21(22)28-35-26(18)38(25)33(39(27)29,40(28)30)41(31)32;9-7-5-3-1-2-4-6(5)8(10)11-7;9-5-7-3-1-2-4-8(7)6-10;6*1-3-2/h1-16H;1-4H,(H3,9,10,11);1-4H;6*3H2,1-2H3/q+2;;;;;;;;. The molecule has 13 heteroatoms. The average molecular weight is 1060 g/mol. The van der Waals surface area contributed by atoms with Gasteiger partial charge in [-0.1, -0.05) is 227 Å². The highest BCUT2D eigenvalue weighted by Gasteiger charge is 2.69. The van der Waals surface area contributed by atoms with Crippen molar-refractivity contribution >= 4 is 68.2 Å². The van der Waals surface area contributed by atoms with E-state index in [-0.39, 0.29) is 5.84 Å². The molecule has 13 nitrogen and oxygen atoms in total. The molecule has 0 atom stereocenters. The third kappa shape index (κ3) is 10.1. The molecule has 6 aromatic carbocycles. The Bertz CT molecular complexity index is 3770. The molecule has 9 heterocycles. The van der Waals surface area contributed by atoms with E-state index in [0.29, 0.717) is 17.0 Å². The van der Waals surface area contributed by atoms with Gasteiger partial charge in [0, 0.05) is 32.7 Å². The van der Waals surface area contributed by atoms with Crippen LogP contribution >= 0.6 is 0 Å². The van der Waals surface area contributed by atoms with E-state index in [2.05, 4.69) is 203 Å². The van der Waals surface area contributed by atoms with Crippen LogP contribution in [-0.4, -0.2) is 53.3 Å². The lowest BCUT2D eigenvalue weighted by molar-refractivity contribution is -0.790. The molecule has 0 fully saturated rings. The fraction of sp³-hybridized carbons (Fsp3) is 0.284. The first-order valence-electron chi connectivity index (χ1n) is 28.4. The zero-order valence-electron chi connectivity index (χ0n) is 48.6. The van der Waals surface area contributed by atoms with Crippen molar-refractivity contribution in [3.63, 3.8) is 0 Å². The van der Waals surface area contributed by atoms with Crippen LogP contribution in [0.3, 0.4) is 0 Å². The van der Waals surface area contributed by atoms with Gasteiger partial charge in [0.2, 0.25) is 22.6 Å². The van der Waals surface area contributed by atoms with Crippen molar-refractivity contribution in [1.82, 2.24) is 9.13 Å². The van der Waals surface area contributed by atoms with Crippen molar-refractivity contribution < 1.29 is 9.15 Å². The first-order valence-corrected chi connectivity index (χ1v) is 28.4. The van der Waals surface area contributed by atoms with Gasteiger partial charge in [-0.15, -0.1) is 9.15 Å². The first kappa shape index (κ1) is 58.5. The van der Waals surface area contributed by atoms with E-state index < -0.39 is 5.91 Å². The minimum atomic E-state index is -0.923. The Kier molecular flexibility index (Phi) is 19.3. The van der Waals surface area contributed by atoms with E-state index in [1.165, 1.54) is 38.5 Å². The zero-order valence-corrected chi connectivity index (χ0v) is 48.6. The van der Waals surface area contributed by atoms with Crippen molar-refractivity contribution in [3.8, 4) is 12.1 Å². The van der Waals surface area contributed by atoms with Gasteiger partial charge in [-0.2, -0.15) is 19.7 Å². The minimum absolute atomic E-state index is 0.262. The molecular weight excluding hydrogens is 987 g/mol. The number of aliphatic imine (C=N–C) groups is 3. The van der Waals surface area contributed by atoms with Gasteiger partial charge < -0.3 is 5.73 Å². The fourth-order valence-corrected chi connectivity index (χ4v) is 9.71. The van der Waals surface area contributed by atoms with Crippen molar-refractivity contribution in [2.75, 3.05) is 0 Å². The van der Waals surface area contributed by atoms with Crippen LogP contribution in [0.4, 0.5) is 11.6 Å². The van der Waals surface area contributed by atoms with E-state index in [1.54, 1.807) is 24.3 Å². The highest BCUT2D eigenvalue weighted by atomic mass is 15.7. The van der Waals surface area contributed by atoms with Crippen LogP contribution in [0.5, 0.6) is 0 Å². The lowest BCUT2D eigenvalue weighted by atomic mass is 10.1. The number of aromatic nitrogens is 2. The summed E-state index contributed by atoms with van der Waals surface area (Å²) in [6, 6.07) is 52.0. The maximum atomic E-state index is 8.45. The number of nitriles is 2. The van der Waals surface area contributed by atoms with Crippen LogP contribution in [0.1, 0.15) is 166 Å². The minimum Gasteiger partial charge on any atom is -0.383 e. The number of amidine groups is 6. The predicted molar refractivity (Wildman–Crippen MR) is 329 cm³/mol.